The van der Waals surface area contributed by atoms with Gasteiger partial charge in [-0.3, -0.25) is 9.78 Å². The molecule has 0 amide bonds. The zero-order valence-electron chi connectivity index (χ0n) is 10.4. The van der Waals surface area contributed by atoms with Gasteiger partial charge in [0.1, 0.15) is 0 Å². The number of aryl methyl sites for hydroxylation is 1. The number of aliphatic carboxylic acids is 1. The predicted octanol–water partition coefficient (Wildman–Crippen LogP) is 0.408. The van der Waals surface area contributed by atoms with Crippen LogP contribution in [0.4, 0.5) is 0 Å². The van der Waals surface area contributed by atoms with E-state index in [4.69, 9.17) is 5.11 Å². The molecule has 1 aliphatic carbocycles. The average molecular weight is 284 g/mol. The Morgan fingerprint density at radius 2 is 2.16 bits per heavy atom. The monoisotopic (exact) mass is 284 g/mol. The molecule has 7 heteroatoms. The lowest BCUT2D eigenvalue weighted by molar-refractivity contribution is -0.143. The molecule has 104 valence electrons. The van der Waals surface area contributed by atoms with E-state index in [9.17, 15) is 13.2 Å². The van der Waals surface area contributed by atoms with E-state index >= 15 is 0 Å². The van der Waals surface area contributed by atoms with Gasteiger partial charge in [-0.05, 0) is 25.0 Å². The highest BCUT2D eigenvalue weighted by Gasteiger charge is 2.50. The Morgan fingerprint density at radius 1 is 1.42 bits per heavy atom. The van der Waals surface area contributed by atoms with E-state index in [1.807, 2.05) is 0 Å². The number of hydrogen-bond acceptors (Lipinski definition) is 4. The Balaban J connectivity index is 1.84. The third-order valence-corrected chi connectivity index (χ3v) is 4.62. The van der Waals surface area contributed by atoms with Crippen LogP contribution < -0.4 is 4.72 Å². The van der Waals surface area contributed by atoms with Crippen molar-refractivity contribution in [2.75, 3.05) is 12.3 Å². The summed E-state index contributed by atoms with van der Waals surface area (Å²) in [6, 6.07) is 5.32. The molecule has 2 N–H and O–H groups in total. The summed E-state index contributed by atoms with van der Waals surface area (Å²) in [7, 11) is -3.46. The number of pyridine rings is 1. The molecule has 0 aromatic carbocycles. The second-order valence-electron chi connectivity index (χ2n) is 4.80. The molecule has 1 saturated carbocycles. The number of carboxylic acid groups (broad SMARTS) is 1. The number of carbonyl (C=O) groups is 1. The topological polar surface area (TPSA) is 96.4 Å². The normalized spacial score (nSPS) is 17.1. The molecule has 0 saturated heterocycles. The number of carboxylic acids is 1. The maximum absolute atomic E-state index is 11.8. The van der Waals surface area contributed by atoms with E-state index in [0.29, 0.717) is 25.0 Å². The van der Waals surface area contributed by atoms with Gasteiger partial charge in [-0.15, -0.1) is 0 Å². The van der Waals surface area contributed by atoms with Crippen LogP contribution in [0, 0.1) is 5.41 Å². The number of rotatable bonds is 7. The van der Waals surface area contributed by atoms with Gasteiger partial charge in [-0.1, -0.05) is 6.07 Å². The van der Waals surface area contributed by atoms with Crippen LogP contribution in [0.25, 0.3) is 0 Å². The summed E-state index contributed by atoms with van der Waals surface area (Å²) in [6.07, 6.45) is 2.99. The fourth-order valence-electron chi connectivity index (χ4n) is 1.72. The molecular weight excluding hydrogens is 268 g/mol. The van der Waals surface area contributed by atoms with Crippen molar-refractivity contribution in [1.29, 1.82) is 0 Å². The summed E-state index contributed by atoms with van der Waals surface area (Å²) in [6.45, 7) is -0.0209. The van der Waals surface area contributed by atoms with Gasteiger partial charge in [0.15, 0.2) is 0 Å². The number of aromatic nitrogens is 1. The molecule has 1 fully saturated rings. The molecule has 0 unspecified atom stereocenters. The van der Waals surface area contributed by atoms with Crippen LogP contribution in [-0.2, 0) is 21.2 Å². The van der Waals surface area contributed by atoms with Crippen molar-refractivity contribution < 1.29 is 18.3 Å². The lowest BCUT2D eigenvalue weighted by Gasteiger charge is -2.11. The minimum absolute atomic E-state index is 0.0209. The molecule has 0 atom stereocenters. The molecule has 1 heterocycles. The minimum Gasteiger partial charge on any atom is -0.481 e. The van der Waals surface area contributed by atoms with Crippen molar-refractivity contribution in [2.24, 2.45) is 5.41 Å². The van der Waals surface area contributed by atoms with Crippen LogP contribution in [-0.4, -0.2) is 36.8 Å². The molecule has 6 nitrogen and oxygen atoms in total. The Hall–Kier alpha value is -1.47. The summed E-state index contributed by atoms with van der Waals surface area (Å²) in [5.41, 5.74) is -0.176. The van der Waals surface area contributed by atoms with Crippen molar-refractivity contribution in [3.8, 4) is 0 Å². The van der Waals surface area contributed by atoms with E-state index in [1.54, 1.807) is 24.4 Å². The quantitative estimate of drug-likeness (QED) is 0.756. The zero-order chi connectivity index (χ0) is 13.9. The fraction of sp³-hybridized carbons (Fsp3) is 0.500. The van der Waals surface area contributed by atoms with Gasteiger partial charge >= 0.3 is 5.97 Å². The fourth-order valence-corrected chi connectivity index (χ4v) is 2.84. The van der Waals surface area contributed by atoms with Gasteiger partial charge in [0.2, 0.25) is 10.0 Å². The van der Waals surface area contributed by atoms with Gasteiger partial charge in [-0.2, -0.15) is 0 Å². The molecule has 2 rings (SSSR count). The first-order valence-electron chi connectivity index (χ1n) is 6.04. The van der Waals surface area contributed by atoms with E-state index in [-0.39, 0.29) is 12.3 Å². The van der Waals surface area contributed by atoms with Gasteiger partial charge in [0.25, 0.3) is 0 Å². The van der Waals surface area contributed by atoms with Gasteiger partial charge < -0.3 is 5.11 Å². The van der Waals surface area contributed by atoms with Crippen molar-refractivity contribution >= 4 is 16.0 Å². The standard InChI is InChI=1S/C12H16N2O4S/c15-11(16)12(5-6-12)9-14-19(17,18)8-4-10-3-1-2-7-13-10/h1-3,7,14H,4-6,8-9H2,(H,15,16). The Labute approximate surface area is 111 Å². The van der Waals surface area contributed by atoms with E-state index in [1.165, 1.54) is 0 Å². The number of hydrogen-bond donors (Lipinski definition) is 2. The molecule has 0 radical (unpaired) electrons. The first-order chi connectivity index (χ1) is 8.94. The summed E-state index contributed by atoms with van der Waals surface area (Å²) in [5.74, 6) is -1.01. The maximum Gasteiger partial charge on any atom is 0.310 e. The van der Waals surface area contributed by atoms with E-state index in [2.05, 4.69) is 9.71 Å². The van der Waals surface area contributed by atoms with Crippen LogP contribution in [0.2, 0.25) is 0 Å². The molecule has 0 bridgehead atoms. The SMILES string of the molecule is O=C(O)C1(CNS(=O)(=O)CCc2ccccn2)CC1. The molecule has 0 aliphatic heterocycles. The lowest BCUT2D eigenvalue weighted by Crippen LogP contribution is -2.35. The van der Waals surface area contributed by atoms with Crippen molar-refractivity contribution in [1.82, 2.24) is 9.71 Å². The molecule has 1 aromatic rings. The lowest BCUT2D eigenvalue weighted by atomic mass is 10.1. The Bertz CT molecular complexity index is 552. The Kier molecular flexibility index (Phi) is 3.86. The smallest absolute Gasteiger partial charge is 0.310 e. The van der Waals surface area contributed by atoms with Crippen molar-refractivity contribution in [3.63, 3.8) is 0 Å². The third-order valence-electron chi connectivity index (χ3n) is 3.29. The van der Waals surface area contributed by atoms with Crippen LogP contribution in [0.15, 0.2) is 24.4 Å². The van der Waals surface area contributed by atoms with E-state index < -0.39 is 21.4 Å². The number of nitrogens with zero attached hydrogens (tertiary/aromatic N) is 1. The van der Waals surface area contributed by atoms with Crippen LogP contribution >= 0.6 is 0 Å². The zero-order valence-corrected chi connectivity index (χ0v) is 11.2. The van der Waals surface area contributed by atoms with Crippen LogP contribution in [0.1, 0.15) is 18.5 Å². The van der Waals surface area contributed by atoms with Crippen molar-refractivity contribution in [3.05, 3.63) is 30.1 Å². The minimum atomic E-state index is -3.46. The highest BCUT2D eigenvalue weighted by Crippen LogP contribution is 2.45. The third kappa shape index (κ3) is 3.74. The second-order valence-corrected chi connectivity index (χ2v) is 6.72. The van der Waals surface area contributed by atoms with Gasteiger partial charge in [-0.25, -0.2) is 13.1 Å². The number of nitrogens with one attached hydrogen (secondary N) is 1. The molecule has 1 aromatic heterocycles. The van der Waals surface area contributed by atoms with Crippen LogP contribution in [0.5, 0.6) is 0 Å². The maximum atomic E-state index is 11.8. The highest BCUT2D eigenvalue weighted by atomic mass is 32.2. The first kappa shape index (κ1) is 14.0. The highest BCUT2D eigenvalue weighted by molar-refractivity contribution is 7.89. The first-order valence-corrected chi connectivity index (χ1v) is 7.69. The molecule has 19 heavy (non-hydrogen) atoms. The summed E-state index contributed by atoms with van der Waals surface area (Å²) >= 11 is 0. The van der Waals surface area contributed by atoms with Gasteiger partial charge in [0.05, 0.1) is 11.2 Å². The molecule has 0 spiro atoms. The molecule has 1 aliphatic rings. The van der Waals surface area contributed by atoms with Crippen LogP contribution in [0.3, 0.4) is 0 Å². The van der Waals surface area contributed by atoms with Crippen molar-refractivity contribution in [2.45, 2.75) is 19.3 Å². The number of sulfonamides is 1. The predicted molar refractivity (Wildman–Crippen MR) is 69.0 cm³/mol. The summed E-state index contributed by atoms with van der Waals surface area (Å²) in [4.78, 5) is 15.0. The largest absolute Gasteiger partial charge is 0.481 e. The molecular formula is C12H16N2O4S. The Morgan fingerprint density at radius 3 is 2.68 bits per heavy atom. The van der Waals surface area contributed by atoms with Gasteiger partial charge in [0, 0.05) is 24.9 Å². The summed E-state index contributed by atoms with van der Waals surface area (Å²) in [5, 5.41) is 8.96. The summed E-state index contributed by atoms with van der Waals surface area (Å²) < 4.78 is 25.9. The average Bonchev–Trinajstić information content (AvgIpc) is 3.17. The van der Waals surface area contributed by atoms with E-state index in [0.717, 1.165) is 0 Å². The second kappa shape index (κ2) is 5.26.